The van der Waals surface area contributed by atoms with Crippen molar-refractivity contribution >= 4 is 0 Å². The standard InChI is InChI=1S/C15H18N2O/c1-17(11-13-7-9-16-10-8-13)12-14-5-3-4-6-15(14)18-2/h3-10H,11-12H2,1-2H3. The molecule has 1 heterocycles. The van der Waals surface area contributed by atoms with Crippen molar-refractivity contribution in [2.45, 2.75) is 13.1 Å². The smallest absolute Gasteiger partial charge is 0.123 e. The van der Waals surface area contributed by atoms with Crippen LogP contribution in [-0.2, 0) is 13.1 Å². The molecule has 3 heteroatoms. The van der Waals surface area contributed by atoms with Crippen LogP contribution in [0.1, 0.15) is 11.1 Å². The van der Waals surface area contributed by atoms with Crippen molar-refractivity contribution in [2.75, 3.05) is 14.2 Å². The Kier molecular flexibility index (Phi) is 4.31. The Labute approximate surface area is 108 Å². The molecule has 2 aromatic rings. The predicted molar refractivity (Wildman–Crippen MR) is 72.4 cm³/mol. The molecule has 0 atom stereocenters. The molecule has 0 aliphatic heterocycles. The minimum Gasteiger partial charge on any atom is -0.496 e. The summed E-state index contributed by atoms with van der Waals surface area (Å²) in [5.41, 5.74) is 2.47. The summed E-state index contributed by atoms with van der Waals surface area (Å²) in [7, 11) is 3.81. The van der Waals surface area contributed by atoms with E-state index in [9.17, 15) is 0 Å². The molecule has 1 aromatic carbocycles. The van der Waals surface area contributed by atoms with Crippen molar-refractivity contribution in [3.8, 4) is 5.75 Å². The zero-order valence-electron chi connectivity index (χ0n) is 10.8. The van der Waals surface area contributed by atoms with Crippen LogP contribution in [0.15, 0.2) is 48.8 Å². The normalized spacial score (nSPS) is 10.6. The van der Waals surface area contributed by atoms with E-state index in [1.54, 1.807) is 7.11 Å². The highest BCUT2D eigenvalue weighted by molar-refractivity contribution is 5.33. The molecule has 2 rings (SSSR count). The largest absolute Gasteiger partial charge is 0.496 e. The van der Waals surface area contributed by atoms with Gasteiger partial charge in [-0.2, -0.15) is 0 Å². The number of aromatic nitrogens is 1. The lowest BCUT2D eigenvalue weighted by atomic mass is 10.2. The van der Waals surface area contributed by atoms with Crippen molar-refractivity contribution in [1.29, 1.82) is 0 Å². The van der Waals surface area contributed by atoms with Crippen LogP contribution in [-0.4, -0.2) is 24.0 Å². The Balaban J connectivity index is 2.01. The minimum atomic E-state index is 0.867. The van der Waals surface area contributed by atoms with Crippen LogP contribution in [0, 0.1) is 0 Å². The summed E-state index contributed by atoms with van der Waals surface area (Å²) in [4.78, 5) is 6.28. The molecule has 3 nitrogen and oxygen atoms in total. The average molecular weight is 242 g/mol. The maximum Gasteiger partial charge on any atom is 0.123 e. The van der Waals surface area contributed by atoms with Gasteiger partial charge in [0.15, 0.2) is 0 Å². The van der Waals surface area contributed by atoms with Crippen molar-refractivity contribution in [2.24, 2.45) is 0 Å². The predicted octanol–water partition coefficient (Wildman–Crippen LogP) is 2.72. The molecule has 18 heavy (non-hydrogen) atoms. The summed E-state index contributed by atoms with van der Waals surface area (Å²) in [6.07, 6.45) is 3.65. The fourth-order valence-corrected chi connectivity index (χ4v) is 1.98. The number of rotatable bonds is 5. The lowest BCUT2D eigenvalue weighted by Crippen LogP contribution is -2.17. The lowest BCUT2D eigenvalue weighted by molar-refractivity contribution is 0.310. The summed E-state index contributed by atoms with van der Waals surface area (Å²) in [6, 6.07) is 12.2. The first-order valence-corrected chi connectivity index (χ1v) is 5.99. The Bertz CT molecular complexity index is 485. The van der Waals surface area contributed by atoms with Gasteiger partial charge in [-0.25, -0.2) is 0 Å². The Morgan fingerprint density at radius 1 is 1.06 bits per heavy atom. The molecule has 0 bridgehead atoms. The summed E-state index contributed by atoms with van der Waals surface area (Å²) < 4.78 is 5.36. The third-order valence-corrected chi connectivity index (χ3v) is 2.83. The van der Waals surface area contributed by atoms with Gasteiger partial charge in [-0.3, -0.25) is 9.88 Å². The first-order chi connectivity index (χ1) is 8.79. The molecule has 0 spiro atoms. The quantitative estimate of drug-likeness (QED) is 0.806. The summed E-state index contributed by atoms with van der Waals surface area (Å²) in [5, 5.41) is 0. The molecule has 0 saturated carbocycles. The number of methoxy groups -OCH3 is 1. The minimum absolute atomic E-state index is 0.867. The maximum absolute atomic E-state index is 5.36. The van der Waals surface area contributed by atoms with Gasteiger partial charge in [-0.1, -0.05) is 18.2 Å². The fraction of sp³-hybridized carbons (Fsp3) is 0.267. The van der Waals surface area contributed by atoms with Crippen LogP contribution in [0.4, 0.5) is 0 Å². The molecular weight excluding hydrogens is 224 g/mol. The number of benzene rings is 1. The molecule has 0 radical (unpaired) electrons. The highest BCUT2D eigenvalue weighted by atomic mass is 16.5. The molecule has 0 unspecified atom stereocenters. The zero-order valence-corrected chi connectivity index (χ0v) is 10.8. The van der Waals surface area contributed by atoms with Crippen LogP contribution in [0.5, 0.6) is 5.75 Å². The number of ether oxygens (including phenoxy) is 1. The Morgan fingerprint density at radius 3 is 2.50 bits per heavy atom. The van der Waals surface area contributed by atoms with Crippen LogP contribution in [0.3, 0.4) is 0 Å². The first-order valence-electron chi connectivity index (χ1n) is 5.99. The molecule has 0 aliphatic rings. The summed E-state index contributed by atoms with van der Waals surface area (Å²) in [5.74, 6) is 0.944. The number of hydrogen-bond acceptors (Lipinski definition) is 3. The van der Waals surface area contributed by atoms with Gasteiger partial charge in [0, 0.05) is 31.0 Å². The van der Waals surface area contributed by atoms with E-state index in [1.807, 2.05) is 42.7 Å². The van der Waals surface area contributed by atoms with Gasteiger partial charge in [0.2, 0.25) is 0 Å². The molecule has 0 amide bonds. The van der Waals surface area contributed by atoms with E-state index in [-0.39, 0.29) is 0 Å². The number of nitrogens with zero attached hydrogens (tertiary/aromatic N) is 2. The zero-order chi connectivity index (χ0) is 12.8. The van der Waals surface area contributed by atoms with Crippen molar-refractivity contribution in [3.05, 3.63) is 59.9 Å². The summed E-state index contributed by atoms with van der Waals surface area (Å²) >= 11 is 0. The van der Waals surface area contributed by atoms with Gasteiger partial charge in [0.25, 0.3) is 0 Å². The highest BCUT2D eigenvalue weighted by Gasteiger charge is 2.05. The molecule has 0 N–H and O–H groups in total. The molecule has 94 valence electrons. The third kappa shape index (κ3) is 3.31. The van der Waals surface area contributed by atoms with E-state index >= 15 is 0 Å². The van der Waals surface area contributed by atoms with Crippen LogP contribution in [0.25, 0.3) is 0 Å². The van der Waals surface area contributed by atoms with E-state index in [0.717, 1.165) is 18.8 Å². The molecule has 0 saturated heterocycles. The Morgan fingerprint density at radius 2 is 1.78 bits per heavy atom. The molecular formula is C15H18N2O. The van der Waals surface area contributed by atoms with Crippen LogP contribution < -0.4 is 4.74 Å². The van der Waals surface area contributed by atoms with Gasteiger partial charge in [0.05, 0.1) is 7.11 Å². The van der Waals surface area contributed by atoms with Crippen LogP contribution in [0.2, 0.25) is 0 Å². The van der Waals surface area contributed by atoms with Crippen molar-refractivity contribution in [1.82, 2.24) is 9.88 Å². The van der Waals surface area contributed by atoms with Crippen molar-refractivity contribution in [3.63, 3.8) is 0 Å². The van der Waals surface area contributed by atoms with Gasteiger partial charge >= 0.3 is 0 Å². The second-order valence-corrected chi connectivity index (χ2v) is 4.34. The summed E-state index contributed by atoms with van der Waals surface area (Å²) in [6.45, 7) is 1.77. The maximum atomic E-state index is 5.36. The fourth-order valence-electron chi connectivity index (χ4n) is 1.98. The second kappa shape index (κ2) is 6.17. The first kappa shape index (κ1) is 12.6. The van der Waals surface area contributed by atoms with Crippen LogP contribution >= 0.6 is 0 Å². The van der Waals surface area contributed by atoms with Gasteiger partial charge in [0.1, 0.15) is 5.75 Å². The monoisotopic (exact) mass is 242 g/mol. The van der Waals surface area contributed by atoms with Gasteiger partial charge in [-0.15, -0.1) is 0 Å². The molecule has 0 aliphatic carbocycles. The average Bonchev–Trinajstić information content (AvgIpc) is 2.40. The van der Waals surface area contributed by atoms with E-state index in [1.165, 1.54) is 11.1 Å². The highest BCUT2D eigenvalue weighted by Crippen LogP contribution is 2.19. The Hall–Kier alpha value is -1.87. The molecule has 1 aromatic heterocycles. The lowest BCUT2D eigenvalue weighted by Gasteiger charge is -2.18. The van der Waals surface area contributed by atoms with E-state index < -0.39 is 0 Å². The number of hydrogen-bond donors (Lipinski definition) is 0. The number of pyridine rings is 1. The second-order valence-electron chi connectivity index (χ2n) is 4.34. The van der Waals surface area contributed by atoms with Gasteiger partial charge in [-0.05, 0) is 30.8 Å². The van der Waals surface area contributed by atoms with Gasteiger partial charge < -0.3 is 4.74 Å². The van der Waals surface area contributed by atoms with E-state index in [0.29, 0.717) is 0 Å². The van der Waals surface area contributed by atoms with E-state index in [4.69, 9.17) is 4.74 Å². The van der Waals surface area contributed by atoms with E-state index in [2.05, 4.69) is 23.0 Å². The SMILES string of the molecule is COc1ccccc1CN(C)Cc1ccncc1. The molecule has 0 fully saturated rings. The topological polar surface area (TPSA) is 25.4 Å². The van der Waals surface area contributed by atoms with Crippen molar-refractivity contribution < 1.29 is 4.74 Å². The number of para-hydroxylation sites is 1. The third-order valence-electron chi connectivity index (χ3n) is 2.83.